The van der Waals surface area contributed by atoms with Gasteiger partial charge in [0.25, 0.3) is 0 Å². The van der Waals surface area contributed by atoms with E-state index in [1.165, 1.54) is 49.2 Å². The molecule has 0 radical (unpaired) electrons. The molecule has 0 aromatic carbocycles. The zero-order valence-corrected chi connectivity index (χ0v) is 14.2. The summed E-state index contributed by atoms with van der Waals surface area (Å²) in [5.41, 5.74) is 0. The van der Waals surface area contributed by atoms with Gasteiger partial charge in [0.05, 0.1) is 0 Å². The van der Waals surface area contributed by atoms with Crippen molar-refractivity contribution in [3.05, 3.63) is 9.95 Å². The maximum atomic E-state index is 3.49. The molecule has 0 aliphatic rings. The Morgan fingerprint density at radius 1 is 0.933 bits per heavy atom. The summed E-state index contributed by atoms with van der Waals surface area (Å²) in [6.07, 6.45) is 8.37. The topological polar surface area (TPSA) is 0 Å². The fourth-order valence-corrected chi connectivity index (χ4v) is 4.82. The van der Waals surface area contributed by atoms with E-state index in [2.05, 4.69) is 23.8 Å². The summed E-state index contributed by atoms with van der Waals surface area (Å²) in [5.74, 6) is 0. The van der Waals surface area contributed by atoms with Gasteiger partial charge in [-0.25, -0.2) is 0 Å². The normalized spacial score (nSPS) is 10.5. The molecule has 0 aromatic heterocycles. The average Bonchev–Trinajstić information content (AvgIpc) is 2.21. The summed E-state index contributed by atoms with van der Waals surface area (Å²) >= 11 is 1.43. The summed E-state index contributed by atoms with van der Waals surface area (Å²) in [6.45, 7) is 4.54. The third kappa shape index (κ3) is 17.9. The van der Waals surface area contributed by atoms with Crippen LogP contribution in [-0.4, -0.2) is 29.9 Å². The molecule has 0 unspecified atom stereocenters. The zero-order chi connectivity index (χ0) is 10.5. The number of hydrogen-bond donors (Lipinski definition) is 0. The maximum absolute atomic E-state index is 3.49. The molecule has 0 fully saturated rings. The van der Waals surface area contributed by atoms with Crippen LogP contribution in [0.4, 0.5) is 0 Å². The van der Waals surface area contributed by atoms with Gasteiger partial charge in [0, 0.05) is 0 Å². The first-order valence-electron chi connectivity index (χ1n) is 5.72. The van der Waals surface area contributed by atoms with Crippen molar-refractivity contribution in [2.45, 2.75) is 63.0 Å². The first-order valence-corrected chi connectivity index (χ1v) is 9.99. The molecule has 0 saturated carbocycles. The monoisotopic (exact) mass is 390 g/mol. The van der Waals surface area contributed by atoms with Crippen LogP contribution in [-0.2, 0) is 17.1 Å². The predicted molar refractivity (Wildman–Crippen MR) is 68.0 cm³/mol. The Hall–Kier alpha value is 1.30. The molecular formula is C12H23CuSe2. The molecule has 0 atom stereocenters. The predicted octanol–water partition coefficient (Wildman–Crippen LogP) is 3.88. The Labute approximate surface area is 119 Å². The van der Waals surface area contributed by atoms with E-state index in [1.807, 2.05) is 0 Å². The minimum Gasteiger partial charge on any atom is 1.00 e. The van der Waals surface area contributed by atoms with Crippen molar-refractivity contribution in [1.29, 1.82) is 0 Å². The first kappa shape index (κ1) is 18.7. The van der Waals surface area contributed by atoms with E-state index < -0.39 is 0 Å². The first-order chi connectivity index (χ1) is 6.91. The molecule has 94 valence electrons. The Morgan fingerprint density at radius 3 is 2.13 bits per heavy atom. The molecule has 0 aromatic rings. The quantitative estimate of drug-likeness (QED) is 0.303. The average molecular weight is 389 g/mol. The third-order valence-corrected chi connectivity index (χ3v) is 6.01. The van der Waals surface area contributed by atoms with E-state index >= 15 is 0 Å². The summed E-state index contributed by atoms with van der Waals surface area (Å²) in [4.78, 5) is 5.83. The molecule has 0 N–H and O–H groups in total. The van der Waals surface area contributed by atoms with Crippen molar-refractivity contribution in [3.63, 3.8) is 0 Å². The second-order valence-electron chi connectivity index (χ2n) is 3.37. The van der Waals surface area contributed by atoms with Crippen molar-refractivity contribution < 1.29 is 17.1 Å². The van der Waals surface area contributed by atoms with Gasteiger partial charge in [0.15, 0.2) is 0 Å². The Kier molecular flexibility index (Phi) is 22.0. The smallest absolute Gasteiger partial charge is 1.00 e. The van der Waals surface area contributed by atoms with Gasteiger partial charge in [0.2, 0.25) is 0 Å². The minimum atomic E-state index is 0. The van der Waals surface area contributed by atoms with Crippen LogP contribution in [0.5, 0.6) is 0 Å². The van der Waals surface area contributed by atoms with Gasteiger partial charge in [-0.1, -0.05) is 0 Å². The van der Waals surface area contributed by atoms with Crippen LogP contribution in [0, 0.1) is 4.97 Å². The van der Waals surface area contributed by atoms with Gasteiger partial charge in [-0.15, -0.1) is 0 Å². The van der Waals surface area contributed by atoms with Gasteiger partial charge >= 0.3 is 120 Å². The van der Waals surface area contributed by atoms with E-state index in [9.17, 15) is 0 Å². The summed E-state index contributed by atoms with van der Waals surface area (Å²) in [7, 11) is 0. The van der Waals surface area contributed by atoms with Gasteiger partial charge in [-0.05, 0) is 0 Å². The van der Waals surface area contributed by atoms with Crippen LogP contribution in [0.1, 0.15) is 52.4 Å². The molecule has 0 saturated heterocycles. The Morgan fingerprint density at radius 2 is 1.53 bits per heavy atom. The maximum Gasteiger partial charge on any atom is 1.00 e. The van der Waals surface area contributed by atoms with Crippen LogP contribution in [0.25, 0.3) is 0 Å². The Balaban J connectivity index is 0. The van der Waals surface area contributed by atoms with Gasteiger partial charge in [-0.2, -0.15) is 0 Å². The summed E-state index contributed by atoms with van der Waals surface area (Å²) < 4.78 is 0. The van der Waals surface area contributed by atoms with Gasteiger partial charge in [-0.3, -0.25) is 0 Å². The van der Waals surface area contributed by atoms with Crippen LogP contribution in [0.15, 0.2) is 4.97 Å². The fourth-order valence-electron chi connectivity index (χ4n) is 1.05. The van der Waals surface area contributed by atoms with E-state index in [1.54, 1.807) is 0 Å². The standard InChI is InChI=1S/C12H23Se2.Cu/c1-3-5-7-9-13-11-12-14-10-8-6-4-2;/h11H,3-10H2,1-2H3;/q-1;+1. The van der Waals surface area contributed by atoms with E-state index in [4.69, 9.17) is 0 Å². The zero-order valence-electron chi connectivity index (χ0n) is 9.85. The van der Waals surface area contributed by atoms with Crippen molar-refractivity contribution >= 4 is 29.9 Å². The SMILES string of the molecule is CCCCC[Se][C-]=C[Se]CCCCC.[Cu+]. The molecule has 0 heterocycles. The summed E-state index contributed by atoms with van der Waals surface area (Å²) in [6, 6.07) is 0. The molecule has 0 nitrogen and oxygen atoms in total. The summed E-state index contributed by atoms with van der Waals surface area (Å²) in [5, 5.41) is 2.83. The van der Waals surface area contributed by atoms with Crippen molar-refractivity contribution in [1.82, 2.24) is 0 Å². The molecule has 15 heavy (non-hydrogen) atoms. The van der Waals surface area contributed by atoms with Crippen molar-refractivity contribution in [2.24, 2.45) is 0 Å². The van der Waals surface area contributed by atoms with Crippen LogP contribution in [0.2, 0.25) is 10.6 Å². The van der Waals surface area contributed by atoms with E-state index in [0.29, 0.717) is 15.0 Å². The van der Waals surface area contributed by atoms with Crippen molar-refractivity contribution in [2.75, 3.05) is 0 Å². The van der Waals surface area contributed by atoms with Gasteiger partial charge < -0.3 is 0 Å². The van der Waals surface area contributed by atoms with Crippen molar-refractivity contribution in [3.8, 4) is 0 Å². The van der Waals surface area contributed by atoms with Gasteiger partial charge in [0.1, 0.15) is 0 Å². The second-order valence-corrected chi connectivity index (χ2v) is 7.38. The van der Waals surface area contributed by atoms with Crippen LogP contribution in [0.3, 0.4) is 0 Å². The molecule has 0 bridgehead atoms. The van der Waals surface area contributed by atoms with Crippen LogP contribution >= 0.6 is 0 Å². The number of hydrogen-bond acceptors (Lipinski definition) is 0. The number of rotatable bonds is 10. The van der Waals surface area contributed by atoms with Crippen LogP contribution < -0.4 is 0 Å². The molecule has 0 rings (SSSR count). The van der Waals surface area contributed by atoms with E-state index in [-0.39, 0.29) is 17.1 Å². The minimum absolute atomic E-state index is 0. The molecular weight excluding hydrogens is 366 g/mol. The second kappa shape index (κ2) is 17.7. The number of unbranched alkanes of at least 4 members (excludes halogenated alkanes) is 4. The molecule has 0 amide bonds. The largest absolute Gasteiger partial charge is 1.00 e. The fraction of sp³-hybridized carbons (Fsp3) is 0.833. The van der Waals surface area contributed by atoms with E-state index in [0.717, 1.165) is 15.0 Å². The Bertz CT molecular complexity index is 113. The molecule has 0 aliphatic carbocycles. The molecule has 0 spiro atoms. The molecule has 0 aliphatic heterocycles. The molecule has 3 heteroatoms. The third-order valence-electron chi connectivity index (χ3n) is 1.93.